The number of thiophene rings is 1. The highest BCUT2D eigenvalue weighted by Gasteiger charge is 2.21. The predicted molar refractivity (Wildman–Crippen MR) is 87.5 cm³/mol. The zero-order valence-corrected chi connectivity index (χ0v) is 13.1. The Kier molecular flexibility index (Phi) is 4.10. The maximum Gasteiger partial charge on any atom is 0.263 e. The normalized spacial score (nSPS) is 22.3. The summed E-state index contributed by atoms with van der Waals surface area (Å²) in [4.78, 5) is 17.2. The van der Waals surface area contributed by atoms with E-state index in [2.05, 4.69) is 17.2 Å². The lowest BCUT2D eigenvalue weighted by atomic mass is 9.83. The fourth-order valence-corrected chi connectivity index (χ4v) is 3.96. The first-order chi connectivity index (χ1) is 10.1. The molecule has 1 saturated carbocycles. The Morgan fingerprint density at radius 1 is 1.43 bits per heavy atom. The molecule has 3 N–H and O–H groups in total. The van der Waals surface area contributed by atoms with Gasteiger partial charge in [0.25, 0.3) is 5.91 Å². The molecule has 1 fully saturated rings. The standard InChI is InChI=1S/C16H21N3OS/c1-10-4-6-11(7-5-10)9-19-16(20)15-13(17)14-12(21-15)3-2-8-18-14/h2-3,8,10-11H,4-7,9,17H2,1H3,(H,19,20). The van der Waals surface area contributed by atoms with Crippen LogP contribution >= 0.6 is 11.3 Å². The van der Waals surface area contributed by atoms with Crippen molar-refractivity contribution in [1.29, 1.82) is 0 Å². The van der Waals surface area contributed by atoms with Crippen molar-refractivity contribution in [3.63, 3.8) is 0 Å². The topological polar surface area (TPSA) is 68.0 Å². The molecular weight excluding hydrogens is 282 g/mol. The van der Waals surface area contributed by atoms with Gasteiger partial charge in [-0.3, -0.25) is 9.78 Å². The van der Waals surface area contributed by atoms with Crippen LogP contribution in [0.3, 0.4) is 0 Å². The number of hydrogen-bond acceptors (Lipinski definition) is 4. The number of carbonyl (C=O) groups excluding carboxylic acids is 1. The molecule has 1 aliphatic carbocycles. The van der Waals surface area contributed by atoms with E-state index in [0.29, 0.717) is 16.5 Å². The Morgan fingerprint density at radius 2 is 2.19 bits per heavy atom. The SMILES string of the molecule is CC1CCC(CNC(=O)c2sc3cccnc3c2N)CC1. The summed E-state index contributed by atoms with van der Waals surface area (Å²) in [5, 5.41) is 3.05. The van der Waals surface area contributed by atoms with Gasteiger partial charge >= 0.3 is 0 Å². The Morgan fingerprint density at radius 3 is 2.90 bits per heavy atom. The number of nitrogens with two attached hydrogens (primary N) is 1. The van der Waals surface area contributed by atoms with E-state index in [4.69, 9.17) is 5.73 Å². The molecule has 0 radical (unpaired) electrons. The molecule has 21 heavy (non-hydrogen) atoms. The van der Waals surface area contributed by atoms with Gasteiger partial charge in [-0.05, 0) is 36.8 Å². The van der Waals surface area contributed by atoms with Gasteiger partial charge in [0, 0.05) is 12.7 Å². The molecule has 1 amide bonds. The molecule has 5 heteroatoms. The Balaban J connectivity index is 1.65. The number of aromatic nitrogens is 1. The highest BCUT2D eigenvalue weighted by molar-refractivity contribution is 7.21. The highest BCUT2D eigenvalue weighted by atomic mass is 32.1. The fraction of sp³-hybridized carbons (Fsp3) is 0.500. The van der Waals surface area contributed by atoms with Crippen molar-refractivity contribution >= 4 is 33.1 Å². The van der Waals surface area contributed by atoms with Crippen LogP contribution in [0.5, 0.6) is 0 Å². The van der Waals surface area contributed by atoms with Crippen LogP contribution in [-0.4, -0.2) is 17.4 Å². The van der Waals surface area contributed by atoms with Crippen molar-refractivity contribution in [2.45, 2.75) is 32.6 Å². The van der Waals surface area contributed by atoms with Crippen LogP contribution < -0.4 is 11.1 Å². The van der Waals surface area contributed by atoms with Crippen LogP contribution in [-0.2, 0) is 0 Å². The third-order valence-electron chi connectivity index (χ3n) is 4.38. The van der Waals surface area contributed by atoms with Crippen LogP contribution in [0.25, 0.3) is 10.2 Å². The first-order valence-electron chi connectivity index (χ1n) is 7.56. The second-order valence-corrected chi connectivity index (χ2v) is 7.08. The second kappa shape index (κ2) is 6.02. The number of nitrogens with one attached hydrogen (secondary N) is 1. The number of rotatable bonds is 3. The third-order valence-corrected chi connectivity index (χ3v) is 5.53. The molecule has 0 saturated heterocycles. The van der Waals surface area contributed by atoms with Crippen molar-refractivity contribution in [2.24, 2.45) is 11.8 Å². The summed E-state index contributed by atoms with van der Waals surface area (Å²) in [6.45, 7) is 3.06. The molecule has 112 valence electrons. The first kappa shape index (κ1) is 14.3. The van der Waals surface area contributed by atoms with Crippen molar-refractivity contribution in [3.8, 4) is 0 Å². The minimum Gasteiger partial charge on any atom is -0.396 e. The molecule has 0 bridgehead atoms. The van der Waals surface area contributed by atoms with E-state index in [1.165, 1.54) is 37.0 Å². The molecule has 0 atom stereocenters. The molecule has 0 unspecified atom stereocenters. The van der Waals surface area contributed by atoms with E-state index in [1.807, 2.05) is 12.1 Å². The summed E-state index contributed by atoms with van der Waals surface area (Å²) in [5.74, 6) is 1.38. The second-order valence-electron chi connectivity index (χ2n) is 6.03. The number of amides is 1. The summed E-state index contributed by atoms with van der Waals surface area (Å²) >= 11 is 1.42. The molecule has 4 nitrogen and oxygen atoms in total. The Bertz CT molecular complexity index is 644. The number of anilines is 1. The van der Waals surface area contributed by atoms with E-state index in [0.717, 1.165) is 22.7 Å². The predicted octanol–water partition coefficient (Wildman–Crippen LogP) is 3.43. The maximum atomic E-state index is 12.3. The van der Waals surface area contributed by atoms with Gasteiger partial charge in [-0.2, -0.15) is 0 Å². The van der Waals surface area contributed by atoms with E-state index < -0.39 is 0 Å². The Labute approximate surface area is 128 Å². The van der Waals surface area contributed by atoms with Crippen LogP contribution in [0.1, 0.15) is 42.3 Å². The molecule has 0 spiro atoms. The van der Waals surface area contributed by atoms with Gasteiger partial charge in [0.05, 0.1) is 10.4 Å². The summed E-state index contributed by atoms with van der Waals surface area (Å²) in [6.07, 6.45) is 6.68. The van der Waals surface area contributed by atoms with Crippen molar-refractivity contribution in [1.82, 2.24) is 10.3 Å². The minimum absolute atomic E-state index is 0.0610. The van der Waals surface area contributed by atoms with E-state index >= 15 is 0 Å². The minimum atomic E-state index is -0.0610. The monoisotopic (exact) mass is 303 g/mol. The fourth-order valence-electron chi connectivity index (χ4n) is 2.97. The number of nitrogens with zero attached hydrogens (tertiary/aromatic N) is 1. The number of pyridine rings is 1. The summed E-state index contributed by atoms with van der Waals surface area (Å²) < 4.78 is 0.964. The largest absolute Gasteiger partial charge is 0.396 e. The molecule has 2 aromatic heterocycles. The average Bonchev–Trinajstić information content (AvgIpc) is 2.84. The number of carbonyl (C=O) groups is 1. The van der Waals surface area contributed by atoms with Gasteiger partial charge in [0.15, 0.2) is 0 Å². The van der Waals surface area contributed by atoms with Gasteiger partial charge in [-0.25, -0.2) is 0 Å². The van der Waals surface area contributed by atoms with Crippen LogP contribution in [0.2, 0.25) is 0 Å². The van der Waals surface area contributed by atoms with Gasteiger partial charge in [-0.15, -0.1) is 11.3 Å². The van der Waals surface area contributed by atoms with Gasteiger partial charge in [-0.1, -0.05) is 19.8 Å². The molecule has 2 heterocycles. The van der Waals surface area contributed by atoms with Crippen LogP contribution in [0, 0.1) is 11.8 Å². The smallest absolute Gasteiger partial charge is 0.263 e. The van der Waals surface area contributed by atoms with Crippen LogP contribution in [0.4, 0.5) is 5.69 Å². The quantitative estimate of drug-likeness (QED) is 0.912. The number of hydrogen-bond donors (Lipinski definition) is 2. The number of fused-ring (bicyclic) bond motifs is 1. The molecular formula is C16H21N3OS. The van der Waals surface area contributed by atoms with Crippen LogP contribution in [0.15, 0.2) is 18.3 Å². The summed E-state index contributed by atoms with van der Waals surface area (Å²) in [5.41, 5.74) is 7.29. The Hall–Kier alpha value is -1.62. The lowest BCUT2D eigenvalue weighted by Gasteiger charge is -2.26. The van der Waals surface area contributed by atoms with Crippen molar-refractivity contribution in [2.75, 3.05) is 12.3 Å². The average molecular weight is 303 g/mol. The highest BCUT2D eigenvalue weighted by Crippen LogP contribution is 2.32. The maximum absolute atomic E-state index is 12.3. The molecule has 3 rings (SSSR count). The number of nitrogen functional groups attached to an aromatic ring is 1. The van der Waals surface area contributed by atoms with E-state index in [9.17, 15) is 4.79 Å². The molecule has 0 aromatic carbocycles. The van der Waals surface area contributed by atoms with E-state index in [1.54, 1.807) is 6.20 Å². The van der Waals surface area contributed by atoms with Crippen molar-refractivity contribution in [3.05, 3.63) is 23.2 Å². The zero-order chi connectivity index (χ0) is 14.8. The van der Waals surface area contributed by atoms with Crippen molar-refractivity contribution < 1.29 is 4.79 Å². The van der Waals surface area contributed by atoms with Gasteiger partial charge in [0.1, 0.15) is 10.4 Å². The molecule has 2 aromatic rings. The summed E-state index contributed by atoms with van der Waals surface area (Å²) in [6, 6.07) is 3.81. The van der Waals surface area contributed by atoms with E-state index in [-0.39, 0.29) is 5.91 Å². The lowest BCUT2D eigenvalue weighted by Crippen LogP contribution is -2.31. The third kappa shape index (κ3) is 3.02. The summed E-state index contributed by atoms with van der Waals surface area (Å²) in [7, 11) is 0. The van der Waals surface area contributed by atoms with Gasteiger partial charge < -0.3 is 11.1 Å². The lowest BCUT2D eigenvalue weighted by molar-refractivity contribution is 0.0947. The molecule has 0 aliphatic heterocycles. The first-order valence-corrected chi connectivity index (χ1v) is 8.38. The molecule has 1 aliphatic rings. The zero-order valence-electron chi connectivity index (χ0n) is 12.3. The van der Waals surface area contributed by atoms with Gasteiger partial charge in [0.2, 0.25) is 0 Å².